The molecule has 1 aromatic carbocycles. The summed E-state index contributed by atoms with van der Waals surface area (Å²) < 4.78 is 0. The summed E-state index contributed by atoms with van der Waals surface area (Å²) in [6, 6.07) is 7.39. The number of aromatic amines is 1. The van der Waals surface area contributed by atoms with Crippen LogP contribution < -0.4 is 5.32 Å². The number of H-pyrrole nitrogens is 1. The number of carbonyl (C=O) groups excluding carboxylic acids is 1. The Balaban J connectivity index is 2.29. The highest BCUT2D eigenvalue weighted by Crippen LogP contribution is 2.17. The zero-order valence-corrected chi connectivity index (χ0v) is 9.24. The molecule has 1 aromatic heterocycles. The van der Waals surface area contributed by atoms with Gasteiger partial charge in [-0.3, -0.25) is 4.79 Å². The van der Waals surface area contributed by atoms with Crippen LogP contribution in [0.1, 0.15) is 16.2 Å². The summed E-state index contributed by atoms with van der Waals surface area (Å²) in [5.74, 6) is 0.803. The smallest absolute Gasteiger partial charge is 0.251 e. The van der Waals surface area contributed by atoms with Gasteiger partial charge in [0.25, 0.3) is 5.91 Å². The first-order valence-corrected chi connectivity index (χ1v) is 5.05. The lowest BCUT2D eigenvalue weighted by Crippen LogP contribution is -2.17. The highest BCUT2D eigenvalue weighted by Gasteiger charge is 2.04. The molecule has 2 aromatic rings. The molecule has 0 bridgehead atoms. The van der Waals surface area contributed by atoms with E-state index in [9.17, 15) is 4.79 Å². The Bertz CT molecular complexity index is 499. The summed E-state index contributed by atoms with van der Waals surface area (Å²) in [4.78, 5) is 18.6. The van der Waals surface area contributed by atoms with Crippen LogP contribution >= 0.6 is 0 Å². The van der Waals surface area contributed by atoms with Crippen molar-refractivity contribution in [2.45, 2.75) is 6.92 Å². The molecular weight excluding hydrogens is 202 g/mol. The van der Waals surface area contributed by atoms with Gasteiger partial charge in [-0.1, -0.05) is 12.1 Å². The van der Waals surface area contributed by atoms with Crippen LogP contribution in [0.3, 0.4) is 0 Å². The van der Waals surface area contributed by atoms with Gasteiger partial charge in [-0.2, -0.15) is 0 Å². The fourth-order valence-corrected chi connectivity index (χ4v) is 1.51. The fraction of sp³-hybridized carbons (Fsp3) is 0.167. The van der Waals surface area contributed by atoms with Crippen molar-refractivity contribution in [3.05, 3.63) is 41.9 Å². The average molecular weight is 215 g/mol. The van der Waals surface area contributed by atoms with E-state index in [0.717, 1.165) is 17.1 Å². The maximum atomic E-state index is 11.3. The quantitative estimate of drug-likeness (QED) is 0.801. The monoisotopic (exact) mass is 215 g/mol. The summed E-state index contributed by atoms with van der Waals surface area (Å²) in [7, 11) is 1.62. The van der Waals surface area contributed by atoms with Crippen molar-refractivity contribution in [2.24, 2.45) is 0 Å². The van der Waals surface area contributed by atoms with Crippen LogP contribution in [0.15, 0.2) is 30.5 Å². The lowest BCUT2D eigenvalue weighted by molar-refractivity contribution is 0.0963. The van der Waals surface area contributed by atoms with E-state index in [4.69, 9.17) is 0 Å². The zero-order valence-electron chi connectivity index (χ0n) is 9.24. The van der Waals surface area contributed by atoms with E-state index in [0.29, 0.717) is 5.56 Å². The van der Waals surface area contributed by atoms with Gasteiger partial charge in [0.05, 0.1) is 11.9 Å². The SMILES string of the molecule is CNC(=O)c1ccc(-c2cnc(C)[nH]2)cc1. The lowest BCUT2D eigenvalue weighted by Gasteiger charge is -2.01. The predicted molar refractivity (Wildman–Crippen MR) is 62.2 cm³/mol. The molecule has 1 heterocycles. The minimum atomic E-state index is -0.0765. The standard InChI is InChI=1S/C12H13N3O/c1-8-14-7-11(15-8)9-3-5-10(6-4-9)12(16)13-2/h3-7H,1-2H3,(H,13,16)(H,14,15). The van der Waals surface area contributed by atoms with E-state index in [2.05, 4.69) is 15.3 Å². The topological polar surface area (TPSA) is 57.8 Å². The average Bonchev–Trinajstić information content (AvgIpc) is 2.75. The van der Waals surface area contributed by atoms with Crippen LogP contribution in [0.5, 0.6) is 0 Å². The summed E-state index contributed by atoms with van der Waals surface area (Å²) in [6.45, 7) is 1.91. The Hall–Kier alpha value is -2.10. The molecule has 0 aliphatic rings. The second-order valence-corrected chi connectivity index (χ2v) is 3.54. The Kier molecular flexibility index (Phi) is 2.72. The third-order valence-electron chi connectivity index (χ3n) is 2.39. The van der Waals surface area contributed by atoms with Crippen LogP contribution in [-0.4, -0.2) is 22.9 Å². The molecule has 0 aliphatic heterocycles. The maximum absolute atomic E-state index is 11.3. The van der Waals surface area contributed by atoms with E-state index < -0.39 is 0 Å². The first-order valence-electron chi connectivity index (χ1n) is 5.05. The molecule has 4 heteroatoms. The van der Waals surface area contributed by atoms with Gasteiger partial charge in [0.15, 0.2) is 0 Å². The van der Waals surface area contributed by atoms with Crippen molar-refractivity contribution in [3.8, 4) is 11.3 Å². The molecule has 1 amide bonds. The van der Waals surface area contributed by atoms with Crippen molar-refractivity contribution in [3.63, 3.8) is 0 Å². The van der Waals surface area contributed by atoms with Crippen LogP contribution in [0.4, 0.5) is 0 Å². The number of carbonyl (C=O) groups is 1. The molecule has 0 unspecified atom stereocenters. The molecule has 2 N–H and O–H groups in total. The molecule has 0 fully saturated rings. The molecule has 0 spiro atoms. The number of nitrogens with one attached hydrogen (secondary N) is 2. The molecule has 2 rings (SSSR count). The number of benzene rings is 1. The first kappa shape index (κ1) is 10.4. The fourth-order valence-electron chi connectivity index (χ4n) is 1.51. The van der Waals surface area contributed by atoms with Crippen LogP contribution in [0.25, 0.3) is 11.3 Å². The molecule has 16 heavy (non-hydrogen) atoms. The molecule has 0 radical (unpaired) electrons. The van der Waals surface area contributed by atoms with Crippen LogP contribution in [0, 0.1) is 6.92 Å². The molecule has 0 aliphatic carbocycles. The number of amides is 1. The third kappa shape index (κ3) is 1.95. The van der Waals surface area contributed by atoms with Gasteiger partial charge in [-0.15, -0.1) is 0 Å². The highest BCUT2D eigenvalue weighted by molar-refractivity contribution is 5.94. The van der Waals surface area contributed by atoms with Gasteiger partial charge in [0.2, 0.25) is 0 Å². The Morgan fingerprint density at radius 2 is 2.00 bits per heavy atom. The summed E-state index contributed by atoms with van der Waals surface area (Å²) >= 11 is 0. The van der Waals surface area contributed by atoms with Gasteiger partial charge < -0.3 is 10.3 Å². The Labute approximate surface area is 93.7 Å². The van der Waals surface area contributed by atoms with Crippen molar-refractivity contribution < 1.29 is 4.79 Å². The summed E-state index contributed by atoms with van der Waals surface area (Å²) in [5.41, 5.74) is 2.64. The van der Waals surface area contributed by atoms with Gasteiger partial charge in [0.1, 0.15) is 5.82 Å². The lowest BCUT2D eigenvalue weighted by atomic mass is 10.1. The molecule has 0 saturated heterocycles. The van der Waals surface area contributed by atoms with E-state index in [1.54, 1.807) is 25.4 Å². The molecule has 0 atom stereocenters. The number of nitrogens with zero attached hydrogens (tertiary/aromatic N) is 1. The maximum Gasteiger partial charge on any atom is 0.251 e. The number of aryl methyl sites for hydroxylation is 1. The van der Waals surface area contributed by atoms with Gasteiger partial charge >= 0.3 is 0 Å². The van der Waals surface area contributed by atoms with E-state index >= 15 is 0 Å². The van der Waals surface area contributed by atoms with Gasteiger partial charge in [-0.25, -0.2) is 4.98 Å². The Morgan fingerprint density at radius 1 is 1.31 bits per heavy atom. The molecule has 82 valence electrons. The van der Waals surface area contributed by atoms with Gasteiger partial charge in [0, 0.05) is 12.6 Å². The third-order valence-corrected chi connectivity index (χ3v) is 2.39. The molecule has 4 nitrogen and oxygen atoms in total. The van der Waals surface area contributed by atoms with Crippen LogP contribution in [-0.2, 0) is 0 Å². The zero-order chi connectivity index (χ0) is 11.5. The number of hydrogen-bond acceptors (Lipinski definition) is 2. The van der Waals surface area contributed by atoms with Crippen molar-refractivity contribution in [1.82, 2.24) is 15.3 Å². The van der Waals surface area contributed by atoms with E-state index in [-0.39, 0.29) is 5.91 Å². The van der Waals surface area contributed by atoms with Crippen molar-refractivity contribution >= 4 is 5.91 Å². The number of hydrogen-bond donors (Lipinski definition) is 2. The minimum absolute atomic E-state index is 0.0765. The van der Waals surface area contributed by atoms with Crippen molar-refractivity contribution in [1.29, 1.82) is 0 Å². The highest BCUT2D eigenvalue weighted by atomic mass is 16.1. The molecular formula is C12H13N3O. The van der Waals surface area contributed by atoms with E-state index in [1.165, 1.54) is 0 Å². The second kappa shape index (κ2) is 4.18. The first-order chi connectivity index (χ1) is 7.70. The normalized spacial score (nSPS) is 10.1. The number of aromatic nitrogens is 2. The molecule has 0 saturated carbocycles. The largest absolute Gasteiger partial charge is 0.355 e. The van der Waals surface area contributed by atoms with Crippen molar-refractivity contribution in [2.75, 3.05) is 7.05 Å². The predicted octanol–water partition coefficient (Wildman–Crippen LogP) is 1.74. The Morgan fingerprint density at radius 3 is 2.50 bits per heavy atom. The summed E-state index contributed by atoms with van der Waals surface area (Å²) in [6.07, 6.45) is 1.78. The van der Waals surface area contributed by atoms with Gasteiger partial charge in [-0.05, 0) is 24.6 Å². The van der Waals surface area contributed by atoms with Crippen LogP contribution in [0.2, 0.25) is 0 Å². The number of rotatable bonds is 2. The minimum Gasteiger partial charge on any atom is -0.355 e. The second-order valence-electron chi connectivity index (χ2n) is 3.54. The van der Waals surface area contributed by atoms with E-state index in [1.807, 2.05) is 19.1 Å². The summed E-state index contributed by atoms with van der Waals surface area (Å²) in [5, 5.41) is 2.59. The number of imidazole rings is 1.